The number of anilines is 2. The predicted octanol–water partition coefficient (Wildman–Crippen LogP) is 3.10. The van der Waals surface area contributed by atoms with Gasteiger partial charge in [-0.05, 0) is 37.2 Å². The van der Waals surface area contributed by atoms with Crippen LogP contribution in [0.4, 0.5) is 11.8 Å². The molecule has 1 saturated carbocycles. The lowest BCUT2D eigenvalue weighted by atomic mass is 10.1. The summed E-state index contributed by atoms with van der Waals surface area (Å²) in [4.78, 5) is 26.0. The zero-order chi connectivity index (χ0) is 17.3. The Balaban J connectivity index is 1.46. The Hall–Kier alpha value is -1.60. The van der Waals surface area contributed by atoms with E-state index < -0.39 is 5.97 Å². The van der Waals surface area contributed by atoms with E-state index in [1.807, 2.05) is 6.07 Å². The number of aliphatic carboxylic acids is 1. The molecular weight excluding hydrogens is 360 g/mol. The summed E-state index contributed by atoms with van der Waals surface area (Å²) in [7, 11) is 0. The molecule has 6 nitrogen and oxygen atoms in total. The lowest BCUT2D eigenvalue weighted by molar-refractivity contribution is -0.137. The highest BCUT2D eigenvalue weighted by atomic mass is 35.5. The summed E-state index contributed by atoms with van der Waals surface area (Å²) in [6.45, 7) is 4.96. The summed E-state index contributed by atoms with van der Waals surface area (Å²) in [6, 6.07) is 2.44. The van der Waals surface area contributed by atoms with E-state index in [1.54, 1.807) is 0 Å². The van der Waals surface area contributed by atoms with Crippen LogP contribution in [0.1, 0.15) is 19.8 Å². The molecule has 1 unspecified atom stereocenters. The lowest BCUT2D eigenvalue weighted by Gasteiger charge is -2.39. The zero-order valence-corrected chi connectivity index (χ0v) is 15.4. The third-order valence-electron chi connectivity index (χ3n) is 5.99. The SMILES string of the molecule is C[C@H]1CCN1c1nc(N2C[C@@H]3C(CC(=O)O)[C@@H]3C2)c2cc(Cl)sc2n1. The molecule has 0 spiro atoms. The molecule has 25 heavy (non-hydrogen) atoms. The minimum absolute atomic E-state index is 0.295. The van der Waals surface area contributed by atoms with Crippen molar-refractivity contribution in [2.24, 2.45) is 17.8 Å². The number of carboxylic acids is 1. The van der Waals surface area contributed by atoms with E-state index in [0.29, 0.717) is 30.2 Å². The Labute approximate surface area is 154 Å². The molecule has 2 aromatic heterocycles. The molecule has 4 atom stereocenters. The Morgan fingerprint density at radius 1 is 1.40 bits per heavy atom. The summed E-state index contributed by atoms with van der Waals surface area (Å²) < 4.78 is 0.729. The van der Waals surface area contributed by atoms with Crippen molar-refractivity contribution < 1.29 is 9.90 Å². The average Bonchev–Trinajstić information content (AvgIpc) is 2.90. The first-order valence-electron chi connectivity index (χ1n) is 8.71. The molecular formula is C17H19ClN4O2S. The fourth-order valence-electron chi connectivity index (χ4n) is 4.38. The number of aromatic nitrogens is 2. The average molecular weight is 379 g/mol. The van der Waals surface area contributed by atoms with Crippen LogP contribution in [0, 0.1) is 17.8 Å². The minimum Gasteiger partial charge on any atom is -0.481 e. The van der Waals surface area contributed by atoms with E-state index in [0.717, 1.165) is 46.0 Å². The summed E-state index contributed by atoms with van der Waals surface area (Å²) in [5.41, 5.74) is 0. The van der Waals surface area contributed by atoms with Gasteiger partial charge in [0.1, 0.15) is 10.6 Å². The highest BCUT2D eigenvalue weighted by Crippen LogP contribution is 2.54. The maximum atomic E-state index is 10.9. The fraction of sp³-hybridized carbons (Fsp3) is 0.588. The number of piperidine rings is 1. The van der Waals surface area contributed by atoms with Crippen LogP contribution >= 0.6 is 22.9 Å². The summed E-state index contributed by atoms with van der Waals surface area (Å²) in [5.74, 6) is 2.38. The third-order valence-corrected chi connectivity index (χ3v) is 7.15. The highest BCUT2D eigenvalue weighted by Gasteiger charge is 2.56. The first kappa shape index (κ1) is 15.6. The quantitative estimate of drug-likeness (QED) is 0.881. The fourth-order valence-corrected chi connectivity index (χ4v) is 5.45. The van der Waals surface area contributed by atoms with Crippen molar-refractivity contribution in [3.63, 3.8) is 0 Å². The van der Waals surface area contributed by atoms with Gasteiger partial charge in [0.05, 0.1) is 9.72 Å². The van der Waals surface area contributed by atoms with Gasteiger partial charge in [0.2, 0.25) is 5.95 Å². The zero-order valence-electron chi connectivity index (χ0n) is 13.9. The minimum atomic E-state index is -0.686. The molecule has 2 aliphatic heterocycles. The summed E-state index contributed by atoms with van der Waals surface area (Å²) >= 11 is 7.74. The summed E-state index contributed by atoms with van der Waals surface area (Å²) in [6.07, 6.45) is 1.47. The maximum absolute atomic E-state index is 10.9. The summed E-state index contributed by atoms with van der Waals surface area (Å²) in [5, 5.41) is 10.0. The van der Waals surface area contributed by atoms with Crippen molar-refractivity contribution in [2.45, 2.75) is 25.8 Å². The molecule has 2 saturated heterocycles. The van der Waals surface area contributed by atoms with Gasteiger partial charge >= 0.3 is 5.97 Å². The molecule has 2 aromatic rings. The van der Waals surface area contributed by atoms with Crippen LogP contribution in [-0.4, -0.2) is 46.7 Å². The first-order chi connectivity index (χ1) is 12.0. The number of fused-ring (bicyclic) bond motifs is 2. The topological polar surface area (TPSA) is 69.6 Å². The molecule has 8 heteroatoms. The smallest absolute Gasteiger partial charge is 0.303 e. The largest absolute Gasteiger partial charge is 0.481 e. The van der Waals surface area contributed by atoms with Crippen LogP contribution in [-0.2, 0) is 4.79 Å². The van der Waals surface area contributed by atoms with Gasteiger partial charge in [0.15, 0.2) is 0 Å². The van der Waals surface area contributed by atoms with Gasteiger partial charge in [-0.25, -0.2) is 4.98 Å². The lowest BCUT2D eigenvalue weighted by Crippen LogP contribution is -2.46. The Morgan fingerprint density at radius 2 is 2.16 bits per heavy atom. The van der Waals surface area contributed by atoms with E-state index in [-0.39, 0.29) is 0 Å². The van der Waals surface area contributed by atoms with Gasteiger partial charge in [0.25, 0.3) is 0 Å². The highest BCUT2D eigenvalue weighted by molar-refractivity contribution is 7.22. The van der Waals surface area contributed by atoms with Crippen molar-refractivity contribution in [2.75, 3.05) is 29.4 Å². The number of carbonyl (C=O) groups is 1. The molecule has 1 aliphatic carbocycles. The normalized spacial score (nSPS) is 30.5. The second-order valence-corrected chi connectivity index (χ2v) is 9.10. The molecule has 5 rings (SSSR count). The van der Waals surface area contributed by atoms with E-state index >= 15 is 0 Å². The van der Waals surface area contributed by atoms with Crippen molar-refractivity contribution in [1.29, 1.82) is 0 Å². The standard InChI is InChI=1S/C17H19ClN4O2S/c1-8-2-3-22(8)17-19-15(10-4-13(18)25-16(10)20-17)21-6-11-9(5-14(23)24)12(11)7-21/h4,8-9,11-12H,2-3,5-7H2,1H3,(H,23,24)/t8-,9?,11-,12+/m0/s1. The Bertz CT molecular complexity index is 860. The van der Waals surface area contributed by atoms with Crippen molar-refractivity contribution >= 4 is 50.9 Å². The van der Waals surface area contributed by atoms with Gasteiger partial charge in [-0.2, -0.15) is 4.98 Å². The molecule has 1 N–H and O–H groups in total. The Morgan fingerprint density at radius 3 is 2.76 bits per heavy atom. The molecule has 3 fully saturated rings. The number of carboxylic acid groups (broad SMARTS) is 1. The molecule has 4 heterocycles. The van der Waals surface area contributed by atoms with Crippen LogP contribution in [0.5, 0.6) is 0 Å². The van der Waals surface area contributed by atoms with E-state index in [9.17, 15) is 4.79 Å². The van der Waals surface area contributed by atoms with E-state index in [4.69, 9.17) is 26.7 Å². The number of nitrogens with zero attached hydrogens (tertiary/aromatic N) is 4. The van der Waals surface area contributed by atoms with Crippen molar-refractivity contribution in [3.05, 3.63) is 10.4 Å². The van der Waals surface area contributed by atoms with Gasteiger partial charge in [-0.15, -0.1) is 11.3 Å². The van der Waals surface area contributed by atoms with Crippen LogP contribution in [0.15, 0.2) is 6.07 Å². The maximum Gasteiger partial charge on any atom is 0.303 e. The molecule has 0 radical (unpaired) electrons. The van der Waals surface area contributed by atoms with Crippen LogP contribution in [0.3, 0.4) is 0 Å². The first-order valence-corrected chi connectivity index (χ1v) is 9.91. The Kier molecular flexibility index (Phi) is 3.41. The third kappa shape index (κ3) is 2.47. The number of hydrogen-bond donors (Lipinski definition) is 1. The van der Waals surface area contributed by atoms with Gasteiger partial charge < -0.3 is 14.9 Å². The second kappa shape index (κ2) is 5.45. The number of thiophene rings is 1. The van der Waals surface area contributed by atoms with Crippen LogP contribution in [0.2, 0.25) is 4.34 Å². The molecule has 0 aromatic carbocycles. The van der Waals surface area contributed by atoms with Crippen LogP contribution in [0.25, 0.3) is 10.2 Å². The van der Waals surface area contributed by atoms with Gasteiger partial charge in [-0.1, -0.05) is 11.6 Å². The number of hydrogen-bond acceptors (Lipinski definition) is 6. The number of rotatable bonds is 4. The van der Waals surface area contributed by atoms with Gasteiger partial charge in [-0.3, -0.25) is 4.79 Å². The molecule has 0 bridgehead atoms. The number of halogens is 1. The van der Waals surface area contributed by atoms with Crippen LogP contribution < -0.4 is 9.80 Å². The molecule has 0 amide bonds. The monoisotopic (exact) mass is 378 g/mol. The molecule has 3 aliphatic rings. The predicted molar refractivity (Wildman–Crippen MR) is 98.8 cm³/mol. The second-order valence-electron chi connectivity index (χ2n) is 7.44. The van der Waals surface area contributed by atoms with E-state index in [2.05, 4.69) is 16.7 Å². The van der Waals surface area contributed by atoms with E-state index in [1.165, 1.54) is 17.8 Å². The van der Waals surface area contributed by atoms with Crippen molar-refractivity contribution in [3.8, 4) is 0 Å². The van der Waals surface area contributed by atoms with Gasteiger partial charge in [0, 0.05) is 32.1 Å². The van der Waals surface area contributed by atoms with Crippen molar-refractivity contribution in [1.82, 2.24) is 9.97 Å². The molecule has 132 valence electrons.